The van der Waals surface area contributed by atoms with Gasteiger partial charge in [0, 0.05) is 18.8 Å². The third kappa shape index (κ3) is 3.20. The van der Waals surface area contributed by atoms with Gasteiger partial charge in [-0.25, -0.2) is 4.98 Å². The molecule has 1 aliphatic carbocycles. The van der Waals surface area contributed by atoms with Gasteiger partial charge in [-0.15, -0.1) is 0 Å². The Morgan fingerprint density at radius 2 is 2.17 bits per heavy atom. The number of nitrogens with zero attached hydrogens (tertiary/aromatic N) is 2. The molecule has 0 atom stereocenters. The maximum atomic E-state index is 12.2. The van der Waals surface area contributed by atoms with Crippen LogP contribution in [0, 0.1) is 0 Å². The van der Waals surface area contributed by atoms with E-state index in [2.05, 4.69) is 4.98 Å². The topological polar surface area (TPSA) is 70.5 Å². The van der Waals surface area contributed by atoms with E-state index in [1.165, 1.54) is 6.20 Å². The summed E-state index contributed by atoms with van der Waals surface area (Å²) in [6.07, 6.45) is 3.23. The standard InChI is InChI=1S/C12H13ClN2O3/c13-8-1-4-10(14-7-8)12(18)15(9-2-3-9)6-5-11(16)17/h1,4,7,9H,2-3,5-6H2,(H,16,17). The maximum absolute atomic E-state index is 12.2. The van der Waals surface area contributed by atoms with Gasteiger partial charge in [0.2, 0.25) is 0 Å². The Kier molecular flexibility index (Phi) is 3.81. The molecule has 18 heavy (non-hydrogen) atoms. The Balaban J connectivity index is 2.07. The number of amides is 1. The number of rotatable bonds is 5. The summed E-state index contributed by atoms with van der Waals surface area (Å²) < 4.78 is 0. The van der Waals surface area contributed by atoms with Gasteiger partial charge in [-0.3, -0.25) is 9.59 Å². The van der Waals surface area contributed by atoms with E-state index in [9.17, 15) is 9.59 Å². The Morgan fingerprint density at radius 1 is 1.44 bits per heavy atom. The molecule has 0 aliphatic heterocycles. The second-order valence-electron chi connectivity index (χ2n) is 4.24. The van der Waals surface area contributed by atoms with Gasteiger partial charge in [-0.05, 0) is 25.0 Å². The van der Waals surface area contributed by atoms with E-state index in [0.717, 1.165) is 12.8 Å². The zero-order chi connectivity index (χ0) is 13.1. The van der Waals surface area contributed by atoms with Crippen LogP contribution < -0.4 is 0 Å². The van der Waals surface area contributed by atoms with Crippen molar-refractivity contribution in [2.45, 2.75) is 25.3 Å². The third-order valence-corrected chi connectivity index (χ3v) is 2.99. The third-order valence-electron chi connectivity index (χ3n) is 2.76. The van der Waals surface area contributed by atoms with Crippen LogP contribution >= 0.6 is 11.6 Å². The van der Waals surface area contributed by atoms with E-state index in [1.807, 2.05) is 0 Å². The molecule has 0 saturated heterocycles. The number of hydrogen-bond acceptors (Lipinski definition) is 3. The van der Waals surface area contributed by atoms with Crippen LogP contribution in [0.3, 0.4) is 0 Å². The van der Waals surface area contributed by atoms with Crippen LogP contribution in [0.5, 0.6) is 0 Å². The highest BCUT2D eigenvalue weighted by Gasteiger charge is 2.33. The maximum Gasteiger partial charge on any atom is 0.305 e. The minimum Gasteiger partial charge on any atom is -0.481 e. The summed E-state index contributed by atoms with van der Waals surface area (Å²) in [5.41, 5.74) is 0.302. The number of pyridine rings is 1. The molecule has 1 saturated carbocycles. The molecule has 1 aliphatic rings. The molecule has 1 aromatic rings. The minimum absolute atomic E-state index is 0.0458. The van der Waals surface area contributed by atoms with E-state index < -0.39 is 5.97 Å². The highest BCUT2D eigenvalue weighted by Crippen LogP contribution is 2.28. The molecular formula is C12H13ClN2O3. The SMILES string of the molecule is O=C(O)CCN(C(=O)c1ccc(Cl)cn1)C1CC1. The molecule has 1 aromatic heterocycles. The van der Waals surface area contributed by atoms with Gasteiger partial charge < -0.3 is 10.0 Å². The van der Waals surface area contributed by atoms with E-state index in [4.69, 9.17) is 16.7 Å². The summed E-state index contributed by atoms with van der Waals surface area (Å²) in [5.74, 6) is -1.13. The van der Waals surface area contributed by atoms with Gasteiger partial charge in [0.25, 0.3) is 5.91 Å². The molecule has 0 bridgehead atoms. The zero-order valence-electron chi connectivity index (χ0n) is 9.67. The Bertz CT molecular complexity index is 457. The highest BCUT2D eigenvalue weighted by molar-refractivity contribution is 6.30. The predicted octanol–water partition coefficient (Wildman–Crippen LogP) is 1.81. The molecule has 0 unspecified atom stereocenters. The Morgan fingerprint density at radius 3 is 2.67 bits per heavy atom. The van der Waals surface area contributed by atoms with Crippen molar-refractivity contribution in [3.63, 3.8) is 0 Å². The van der Waals surface area contributed by atoms with Crippen LogP contribution in [-0.4, -0.2) is 39.5 Å². The number of hydrogen-bond donors (Lipinski definition) is 1. The van der Waals surface area contributed by atoms with Crippen molar-refractivity contribution in [1.29, 1.82) is 0 Å². The average Bonchev–Trinajstić information content (AvgIpc) is 3.14. The summed E-state index contributed by atoms with van der Waals surface area (Å²) in [6, 6.07) is 3.32. The summed E-state index contributed by atoms with van der Waals surface area (Å²) in [6.45, 7) is 0.225. The summed E-state index contributed by atoms with van der Waals surface area (Å²) in [7, 11) is 0. The molecule has 1 heterocycles. The first-order valence-electron chi connectivity index (χ1n) is 5.72. The number of carbonyl (C=O) groups excluding carboxylic acids is 1. The molecule has 96 valence electrons. The average molecular weight is 269 g/mol. The Hall–Kier alpha value is -1.62. The van der Waals surface area contributed by atoms with Crippen LogP contribution in [0.2, 0.25) is 5.02 Å². The second kappa shape index (κ2) is 5.35. The van der Waals surface area contributed by atoms with Crippen LogP contribution in [0.15, 0.2) is 18.3 Å². The highest BCUT2D eigenvalue weighted by atomic mass is 35.5. The number of aromatic nitrogens is 1. The fourth-order valence-electron chi connectivity index (χ4n) is 1.70. The molecule has 0 radical (unpaired) electrons. The fourth-order valence-corrected chi connectivity index (χ4v) is 1.81. The van der Waals surface area contributed by atoms with E-state index in [0.29, 0.717) is 10.7 Å². The first-order chi connectivity index (χ1) is 8.58. The number of halogens is 1. The molecule has 0 aromatic carbocycles. The van der Waals surface area contributed by atoms with Crippen molar-refractivity contribution in [3.8, 4) is 0 Å². The number of carbonyl (C=O) groups is 2. The lowest BCUT2D eigenvalue weighted by Gasteiger charge is -2.21. The molecular weight excluding hydrogens is 256 g/mol. The zero-order valence-corrected chi connectivity index (χ0v) is 10.4. The fraction of sp³-hybridized carbons (Fsp3) is 0.417. The van der Waals surface area contributed by atoms with Gasteiger partial charge >= 0.3 is 5.97 Å². The number of carboxylic acids is 1. The van der Waals surface area contributed by atoms with Crippen molar-refractivity contribution < 1.29 is 14.7 Å². The molecule has 0 spiro atoms. The van der Waals surface area contributed by atoms with Crippen molar-refractivity contribution in [2.75, 3.05) is 6.54 Å². The lowest BCUT2D eigenvalue weighted by Crippen LogP contribution is -2.35. The lowest BCUT2D eigenvalue weighted by atomic mass is 10.3. The minimum atomic E-state index is -0.905. The molecule has 1 fully saturated rings. The normalized spacial score (nSPS) is 14.3. The van der Waals surface area contributed by atoms with Crippen molar-refractivity contribution >= 4 is 23.5 Å². The van der Waals surface area contributed by atoms with Gasteiger partial charge in [0.15, 0.2) is 0 Å². The molecule has 2 rings (SSSR count). The lowest BCUT2D eigenvalue weighted by molar-refractivity contribution is -0.137. The van der Waals surface area contributed by atoms with E-state index in [-0.39, 0.29) is 24.9 Å². The largest absolute Gasteiger partial charge is 0.481 e. The van der Waals surface area contributed by atoms with Crippen LogP contribution in [0.1, 0.15) is 29.8 Å². The van der Waals surface area contributed by atoms with Gasteiger partial charge in [-0.2, -0.15) is 0 Å². The Labute approximate surface area is 109 Å². The van der Waals surface area contributed by atoms with Gasteiger partial charge in [0.1, 0.15) is 5.69 Å². The smallest absolute Gasteiger partial charge is 0.305 e. The van der Waals surface area contributed by atoms with Crippen molar-refractivity contribution in [2.24, 2.45) is 0 Å². The first-order valence-corrected chi connectivity index (χ1v) is 6.10. The second-order valence-corrected chi connectivity index (χ2v) is 4.67. The number of carboxylic acid groups (broad SMARTS) is 1. The van der Waals surface area contributed by atoms with E-state index >= 15 is 0 Å². The van der Waals surface area contributed by atoms with Crippen molar-refractivity contribution in [1.82, 2.24) is 9.88 Å². The molecule has 5 nitrogen and oxygen atoms in total. The molecule has 1 amide bonds. The molecule has 1 N–H and O–H groups in total. The number of aliphatic carboxylic acids is 1. The van der Waals surface area contributed by atoms with Gasteiger partial charge in [0.05, 0.1) is 11.4 Å². The van der Waals surface area contributed by atoms with E-state index in [1.54, 1.807) is 17.0 Å². The van der Waals surface area contributed by atoms with Crippen LogP contribution in [0.25, 0.3) is 0 Å². The van der Waals surface area contributed by atoms with Crippen LogP contribution in [0.4, 0.5) is 0 Å². The summed E-state index contributed by atoms with van der Waals surface area (Å²) >= 11 is 5.71. The quantitative estimate of drug-likeness (QED) is 0.884. The molecule has 6 heteroatoms. The summed E-state index contributed by atoms with van der Waals surface area (Å²) in [4.78, 5) is 28.3. The van der Waals surface area contributed by atoms with Crippen LogP contribution in [-0.2, 0) is 4.79 Å². The van der Waals surface area contributed by atoms with Crippen molar-refractivity contribution in [3.05, 3.63) is 29.0 Å². The summed E-state index contributed by atoms with van der Waals surface area (Å²) in [5, 5.41) is 9.15. The first kappa shape index (κ1) is 12.8. The van der Waals surface area contributed by atoms with Gasteiger partial charge in [-0.1, -0.05) is 11.6 Å². The predicted molar refractivity (Wildman–Crippen MR) is 65.6 cm³/mol. The monoisotopic (exact) mass is 268 g/mol.